The number of anilines is 1. The lowest BCUT2D eigenvalue weighted by molar-refractivity contribution is 0.0983. The monoisotopic (exact) mass is 440 g/mol. The molecule has 0 unspecified atom stereocenters. The first-order chi connectivity index (χ1) is 14.6. The molecule has 30 heavy (non-hydrogen) atoms. The number of hydrogen-bond acceptors (Lipinski definition) is 7. The van der Waals surface area contributed by atoms with Crippen LogP contribution in [-0.2, 0) is 6.54 Å². The van der Waals surface area contributed by atoms with Crippen LogP contribution in [0.15, 0.2) is 64.1 Å². The van der Waals surface area contributed by atoms with E-state index in [1.165, 1.54) is 11.3 Å². The second-order valence-electron chi connectivity index (χ2n) is 6.37. The molecular weight excluding hydrogens is 420 g/mol. The van der Waals surface area contributed by atoms with Crippen molar-refractivity contribution in [3.8, 4) is 11.5 Å². The number of carbonyl (C=O) groups is 1. The van der Waals surface area contributed by atoms with Crippen LogP contribution in [0.2, 0.25) is 0 Å². The fourth-order valence-corrected chi connectivity index (χ4v) is 4.56. The number of fused-ring (bicyclic) bond motifs is 1. The summed E-state index contributed by atoms with van der Waals surface area (Å²) in [5, 5.41) is 0.611. The highest BCUT2D eigenvalue weighted by atomic mass is 32.2. The summed E-state index contributed by atoms with van der Waals surface area (Å²) in [7, 11) is 3.11. The van der Waals surface area contributed by atoms with E-state index in [4.69, 9.17) is 18.9 Å². The van der Waals surface area contributed by atoms with Crippen LogP contribution in [0.5, 0.6) is 11.5 Å². The van der Waals surface area contributed by atoms with Gasteiger partial charge in [0.05, 0.1) is 37.2 Å². The second kappa shape index (κ2) is 8.81. The van der Waals surface area contributed by atoms with Crippen molar-refractivity contribution >= 4 is 44.4 Å². The fourth-order valence-electron chi connectivity index (χ4n) is 3.04. The number of furan rings is 1. The zero-order valence-electron chi connectivity index (χ0n) is 16.7. The molecule has 2 aromatic carbocycles. The molecule has 0 atom stereocenters. The van der Waals surface area contributed by atoms with Crippen molar-refractivity contribution in [2.45, 2.75) is 11.4 Å². The Bertz CT molecular complexity index is 1170. The lowest BCUT2D eigenvalue weighted by Gasteiger charge is -2.19. The minimum Gasteiger partial charge on any atom is -0.493 e. The molecule has 0 fully saturated rings. The standard InChI is InChI=1S/C22H20N2O4S2/c1-26-18-9-6-14(11-19(18)27-2)21(25)24(13-15-5-4-10-28-15)22-23-17-8-7-16(29-3)12-20(17)30-22/h4-12H,13H2,1-3H3. The molecular formula is C22H20N2O4S2. The number of aromatic nitrogens is 1. The molecule has 0 saturated carbocycles. The van der Waals surface area contributed by atoms with Crippen LogP contribution in [-0.4, -0.2) is 31.4 Å². The lowest BCUT2D eigenvalue weighted by Crippen LogP contribution is -2.30. The largest absolute Gasteiger partial charge is 0.493 e. The molecule has 6 nitrogen and oxygen atoms in total. The molecule has 2 heterocycles. The molecule has 0 bridgehead atoms. The second-order valence-corrected chi connectivity index (χ2v) is 8.26. The van der Waals surface area contributed by atoms with Gasteiger partial charge >= 0.3 is 0 Å². The molecule has 154 valence electrons. The van der Waals surface area contributed by atoms with Crippen LogP contribution in [0.4, 0.5) is 5.13 Å². The minimum atomic E-state index is -0.198. The number of thioether (sulfide) groups is 1. The lowest BCUT2D eigenvalue weighted by atomic mass is 10.1. The van der Waals surface area contributed by atoms with Gasteiger partial charge in [0.2, 0.25) is 0 Å². The number of carbonyl (C=O) groups excluding carboxylic acids is 1. The van der Waals surface area contributed by atoms with Crippen molar-refractivity contribution < 1.29 is 18.7 Å². The zero-order valence-corrected chi connectivity index (χ0v) is 18.4. The third kappa shape index (κ3) is 4.01. The van der Waals surface area contributed by atoms with Gasteiger partial charge in [-0.15, -0.1) is 11.8 Å². The highest BCUT2D eigenvalue weighted by Gasteiger charge is 2.24. The van der Waals surface area contributed by atoms with Gasteiger partial charge in [0.1, 0.15) is 5.76 Å². The Balaban J connectivity index is 1.75. The number of ether oxygens (including phenoxy) is 2. The Morgan fingerprint density at radius 2 is 1.97 bits per heavy atom. The van der Waals surface area contributed by atoms with Crippen LogP contribution in [0.1, 0.15) is 16.1 Å². The summed E-state index contributed by atoms with van der Waals surface area (Å²) < 4.78 is 17.2. The molecule has 0 aliphatic carbocycles. The Labute approximate surface area is 182 Å². The van der Waals surface area contributed by atoms with Gasteiger partial charge in [-0.05, 0) is 54.8 Å². The fraction of sp³-hybridized carbons (Fsp3) is 0.182. The van der Waals surface area contributed by atoms with Crippen LogP contribution in [0.25, 0.3) is 10.2 Å². The van der Waals surface area contributed by atoms with Crippen molar-refractivity contribution in [2.24, 2.45) is 0 Å². The number of benzene rings is 2. The van der Waals surface area contributed by atoms with Gasteiger partial charge in [-0.2, -0.15) is 0 Å². The summed E-state index contributed by atoms with van der Waals surface area (Å²) in [5.41, 5.74) is 1.33. The molecule has 4 aromatic rings. The van der Waals surface area contributed by atoms with E-state index in [2.05, 4.69) is 6.07 Å². The van der Waals surface area contributed by atoms with Gasteiger partial charge in [-0.1, -0.05) is 11.3 Å². The quantitative estimate of drug-likeness (QED) is 0.355. The number of thiazole rings is 1. The molecule has 2 aromatic heterocycles. The molecule has 0 radical (unpaired) electrons. The number of nitrogens with zero attached hydrogens (tertiary/aromatic N) is 2. The van der Waals surface area contributed by atoms with Crippen LogP contribution in [0, 0.1) is 0 Å². The van der Waals surface area contributed by atoms with E-state index in [-0.39, 0.29) is 12.5 Å². The van der Waals surface area contributed by atoms with Gasteiger partial charge in [0.25, 0.3) is 5.91 Å². The molecule has 0 spiro atoms. The maximum Gasteiger partial charge on any atom is 0.260 e. The van der Waals surface area contributed by atoms with E-state index in [9.17, 15) is 4.79 Å². The number of rotatable bonds is 7. The maximum atomic E-state index is 13.5. The first-order valence-corrected chi connectivity index (χ1v) is 11.2. The highest BCUT2D eigenvalue weighted by molar-refractivity contribution is 7.98. The van der Waals surface area contributed by atoms with E-state index in [1.54, 1.807) is 61.4 Å². The smallest absolute Gasteiger partial charge is 0.260 e. The summed E-state index contributed by atoms with van der Waals surface area (Å²) in [6.45, 7) is 0.273. The summed E-state index contributed by atoms with van der Waals surface area (Å²) in [5.74, 6) is 1.54. The summed E-state index contributed by atoms with van der Waals surface area (Å²) in [4.78, 5) is 21.0. The molecule has 4 rings (SSSR count). The van der Waals surface area contributed by atoms with Crippen LogP contribution < -0.4 is 14.4 Å². The van der Waals surface area contributed by atoms with E-state index in [0.717, 1.165) is 15.1 Å². The summed E-state index contributed by atoms with van der Waals surface area (Å²) >= 11 is 3.15. The summed E-state index contributed by atoms with van der Waals surface area (Å²) in [6, 6.07) is 14.9. The van der Waals surface area contributed by atoms with Gasteiger partial charge in [-0.25, -0.2) is 4.98 Å². The number of methoxy groups -OCH3 is 2. The molecule has 0 N–H and O–H groups in total. The van der Waals surface area contributed by atoms with Crippen LogP contribution >= 0.6 is 23.1 Å². The third-order valence-electron chi connectivity index (χ3n) is 4.58. The molecule has 0 saturated heterocycles. The van der Waals surface area contributed by atoms with Gasteiger partial charge in [0, 0.05) is 10.5 Å². The Kier molecular flexibility index (Phi) is 5.96. The van der Waals surface area contributed by atoms with Crippen molar-refractivity contribution in [2.75, 3.05) is 25.4 Å². The normalized spacial score (nSPS) is 10.9. The molecule has 8 heteroatoms. The molecule has 0 aliphatic heterocycles. The first-order valence-electron chi connectivity index (χ1n) is 9.13. The van der Waals surface area contributed by atoms with E-state index in [0.29, 0.717) is 28.0 Å². The molecule has 1 amide bonds. The third-order valence-corrected chi connectivity index (χ3v) is 6.35. The van der Waals surface area contributed by atoms with Crippen molar-refractivity contribution in [3.05, 3.63) is 66.1 Å². The summed E-state index contributed by atoms with van der Waals surface area (Å²) in [6.07, 6.45) is 3.63. The van der Waals surface area contributed by atoms with Crippen molar-refractivity contribution in [3.63, 3.8) is 0 Å². The number of hydrogen-bond donors (Lipinski definition) is 0. The van der Waals surface area contributed by atoms with Gasteiger partial charge < -0.3 is 13.9 Å². The zero-order chi connectivity index (χ0) is 21.1. The average Bonchev–Trinajstić information content (AvgIpc) is 3.45. The SMILES string of the molecule is COc1ccc(C(=O)N(Cc2ccco2)c2nc3ccc(SC)cc3s2)cc1OC. The van der Waals surface area contributed by atoms with Crippen LogP contribution in [0.3, 0.4) is 0 Å². The predicted molar refractivity (Wildman–Crippen MR) is 120 cm³/mol. The molecule has 0 aliphatic rings. The minimum absolute atomic E-state index is 0.198. The Hall–Kier alpha value is -2.97. The van der Waals surface area contributed by atoms with Gasteiger partial charge in [-0.3, -0.25) is 9.69 Å². The van der Waals surface area contributed by atoms with Gasteiger partial charge in [0.15, 0.2) is 16.6 Å². The Morgan fingerprint density at radius 1 is 1.13 bits per heavy atom. The maximum absolute atomic E-state index is 13.5. The Morgan fingerprint density at radius 3 is 2.67 bits per heavy atom. The first kappa shape index (κ1) is 20.3. The van der Waals surface area contributed by atoms with E-state index >= 15 is 0 Å². The van der Waals surface area contributed by atoms with E-state index in [1.807, 2.05) is 24.5 Å². The van der Waals surface area contributed by atoms with Crippen molar-refractivity contribution in [1.82, 2.24) is 4.98 Å². The highest BCUT2D eigenvalue weighted by Crippen LogP contribution is 2.34. The van der Waals surface area contributed by atoms with Crippen molar-refractivity contribution in [1.29, 1.82) is 0 Å². The topological polar surface area (TPSA) is 64.8 Å². The predicted octanol–water partition coefficient (Wildman–Crippen LogP) is 5.48. The average molecular weight is 441 g/mol. The van der Waals surface area contributed by atoms with E-state index < -0.39 is 0 Å². The number of amides is 1.